The highest BCUT2D eigenvalue weighted by Crippen LogP contribution is 2.41. The summed E-state index contributed by atoms with van der Waals surface area (Å²) in [6, 6.07) is 8.30. The van der Waals surface area contributed by atoms with Crippen LogP contribution >= 0.6 is 23.2 Å². The summed E-state index contributed by atoms with van der Waals surface area (Å²) in [4.78, 5) is 6.78. The summed E-state index contributed by atoms with van der Waals surface area (Å²) in [6.07, 6.45) is 5.64. The van der Waals surface area contributed by atoms with E-state index < -0.39 is 0 Å². The zero-order valence-corrected chi connectivity index (χ0v) is 17.0. The van der Waals surface area contributed by atoms with Crippen LogP contribution in [0.5, 0.6) is 0 Å². The molecule has 1 unspecified atom stereocenters. The molecular formula is C22H24Cl2N2O. The van der Waals surface area contributed by atoms with E-state index in [1.807, 2.05) is 19.1 Å². The Hall–Kier alpha value is -1.39. The first kappa shape index (κ1) is 18.9. The van der Waals surface area contributed by atoms with E-state index in [4.69, 9.17) is 23.2 Å². The van der Waals surface area contributed by atoms with Gasteiger partial charge in [0, 0.05) is 23.5 Å². The molecule has 0 radical (unpaired) electrons. The average molecular weight is 403 g/mol. The van der Waals surface area contributed by atoms with Crippen molar-refractivity contribution in [3.63, 3.8) is 0 Å². The fraction of sp³-hybridized carbons (Fsp3) is 0.409. The van der Waals surface area contributed by atoms with E-state index >= 15 is 0 Å². The molecule has 4 rings (SSSR count). The molecule has 5 heteroatoms. The van der Waals surface area contributed by atoms with Gasteiger partial charge in [-0.1, -0.05) is 29.3 Å². The normalized spacial score (nSPS) is 19.3. The minimum absolute atomic E-state index is 0.110. The van der Waals surface area contributed by atoms with Gasteiger partial charge in [0.2, 0.25) is 0 Å². The number of hydrogen-bond acceptors (Lipinski definition) is 3. The van der Waals surface area contributed by atoms with Crippen molar-refractivity contribution in [3.05, 3.63) is 68.5 Å². The first-order valence-electron chi connectivity index (χ1n) is 9.53. The Bertz CT molecular complexity index is 894. The van der Waals surface area contributed by atoms with Crippen LogP contribution in [0.25, 0.3) is 5.57 Å². The third-order valence-corrected chi connectivity index (χ3v) is 6.32. The molecule has 2 aliphatic rings. The number of fused-ring (bicyclic) bond motifs is 2. The summed E-state index contributed by atoms with van der Waals surface area (Å²) in [5, 5.41) is 11.6. The second-order valence-electron chi connectivity index (χ2n) is 7.47. The summed E-state index contributed by atoms with van der Waals surface area (Å²) in [7, 11) is 0. The molecule has 1 N–H and O–H groups in total. The number of halogens is 2. The Balaban J connectivity index is 1.45. The largest absolute Gasteiger partial charge is 0.394 e. The molecule has 27 heavy (non-hydrogen) atoms. The van der Waals surface area contributed by atoms with Crippen molar-refractivity contribution in [2.75, 3.05) is 19.7 Å². The molecule has 0 saturated carbocycles. The molecule has 1 aliphatic heterocycles. The van der Waals surface area contributed by atoms with Crippen LogP contribution in [0.3, 0.4) is 0 Å². The van der Waals surface area contributed by atoms with E-state index in [1.165, 1.54) is 27.8 Å². The predicted molar refractivity (Wildman–Crippen MR) is 111 cm³/mol. The fourth-order valence-electron chi connectivity index (χ4n) is 4.48. The first-order valence-corrected chi connectivity index (χ1v) is 10.3. The molecule has 0 spiro atoms. The van der Waals surface area contributed by atoms with Crippen LogP contribution in [0.1, 0.15) is 35.2 Å². The molecule has 2 aromatic rings. The number of hydrogen-bond donors (Lipinski definition) is 1. The second kappa shape index (κ2) is 7.92. The lowest BCUT2D eigenvalue weighted by Gasteiger charge is -2.36. The van der Waals surface area contributed by atoms with Gasteiger partial charge in [0.1, 0.15) is 0 Å². The van der Waals surface area contributed by atoms with Crippen LogP contribution in [0.15, 0.2) is 36.0 Å². The first-order chi connectivity index (χ1) is 13.1. The molecule has 0 bridgehead atoms. The Morgan fingerprint density at radius 3 is 2.89 bits per heavy atom. The third-order valence-electron chi connectivity index (χ3n) is 5.88. The van der Waals surface area contributed by atoms with E-state index in [0.29, 0.717) is 5.02 Å². The molecule has 3 nitrogen and oxygen atoms in total. The molecule has 1 aromatic carbocycles. The summed E-state index contributed by atoms with van der Waals surface area (Å²) >= 11 is 12.3. The molecule has 0 saturated heterocycles. The van der Waals surface area contributed by atoms with Gasteiger partial charge in [0.25, 0.3) is 0 Å². The number of aliphatic hydroxyl groups excluding tert-OH is 1. The number of aryl methyl sites for hydroxylation is 2. The molecule has 2 heterocycles. The molecule has 142 valence electrons. The van der Waals surface area contributed by atoms with Gasteiger partial charge in [-0.3, -0.25) is 9.88 Å². The standard InChI is InChI=1S/C22H24Cl2N2O/c1-14-15(9-18(24)12-25-14)3-2-7-26-8-6-19-20-11-17(23)5-4-16(20)10-21(19)22(26)13-27/h4-5,9,11-12,22,27H,2-3,6-8,10,13H2,1H3. The van der Waals surface area contributed by atoms with Crippen LogP contribution in [-0.2, 0) is 12.8 Å². The fourth-order valence-corrected chi connectivity index (χ4v) is 4.84. The minimum Gasteiger partial charge on any atom is -0.394 e. The van der Waals surface area contributed by atoms with Crippen LogP contribution in [0.4, 0.5) is 0 Å². The van der Waals surface area contributed by atoms with Crippen molar-refractivity contribution in [2.24, 2.45) is 0 Å². The summed E-state index contributed by atoms with van der Waals surface area (Å²) in [5.41, 5.74) is 7.66. The third kappa shape index (κ3) is 3.79. The number of aromatic nitrogens is 1. The van der Waals surface area contributed by atoms with E-state index in [1.54, 1.807) is 6.20 Å². The van der Waals surface area contributed by atoms with E-state index in [-0.39, 0.29) is 12.6 Å². The van der Waals surface area contributed by atoms with Crippen LogP contribution in [0.2, 0.25) is 10.0 Å². The van der Waals surface area contributed by atoms with Crippen molar-refractivity contribution in [1.82, 2.24) is 9.88 Å². The zero-order chi connectivity index (χ0) is 19.0. The lowest BCUT2D eigenvalue weighted by atomic mass is 9.93. The van der Waals surface area contributed by atoms with E-state index in [0.717, 1.165) is 49.5 Å². The zero-order valence-electron chi connectivity index (χ0n) is 15.5. The molecule has 1 aromatic heterocycles. The van der Waals surface area contributed by atoms with Crippen molar-refractivity contribution < 1.29 is 5.11 Å². The van der Waals surface area contributed by atoms with Gasteiger partial charge in [0.05, 0.1) is 17.7 Å². The van der Waals surface area contributed by atoms with Gasteiger partial charge in [-0.2, -0.15) is 0 Å². The van der Waals surface area contributed by atoms with Crippen molar-refractivity contribution in [2.45, 2.75) is 38.6 Å². The molecule has 1 aliphatic carbocycles. The highest BCUT2D eigenvalue weighted by molar-refractivity contribution is 6.31. The Labute approximate surface area is 170 Å². The number of nitrogens with zero attached hydrogens (tertiary/aromatic N) is 2. The van der Waals surface area contributed by atoms with Gasteiger partial charge < -0.3 is 5.11 Å². The molecule has 0 amide bonds. The van der Waals surface area contributed by atoms with Gasteiger partial charge in [-0.05, 0) is 85.2 Å². The Morgan fingerprint density at radius 1 is 1.22 bits per heavy atom. The van der Waals surface area contributed by atoms with Gasteiger partial charge in [0.15, 0.2) is 0 Å². The van der Waals surface area contributed by atoms with Crippen molar-refractivity contribution in [3.8, 4) is 0 Å². The number of benzene rings is 1. The SMILES string of the molecule is Cc1ncc(Cl)cc1CCCN1CCC2=C(Cc3ccc(Cl)cc32)C1CO. The highest BCUT2D eigenvalue weighted by Gasteiger charge is 2.33. The number of aliphatic hydroxyl groups is 1. The maximum absolute atomic E-state index is 10.1. The van der Waals surface area contributed by atoms with Crippen molar-refractivity contribution >= 4 is 28.8 Å². The Kier molecular flexibility index (Phi) is 5.56. The van der Waals surface area contributed by atoms with Gasteiger partial charge in [-0.25, -0.2) is 0 Å². The second-order valence-corrected chi connectivity index (χ2v) is 8.34. The monoisotopic (exact) mass is 402 g/mol. The summed E-state index contributed by atoms with van der Waals surface area (Å²) in [5.74, 6) is 0. The predicted octanol–water partition coefficient (Wildman–Crippen LogP) is 4.71. The van der Waals surface area contributed by atoms with E-state index in [2.05, 4.69) is 22.0 Å². The maximum atomic E-state index is 10.1. The van der Waals surface area contributed by atoms with E-state index in [9.17, 15) is 5.11 Å². The smallest absolute Gasteiger partial charge is 0.0625 e. The van der Waals surface area contributed by atoms with Crippen LogP contribution in [0, 0.1) is 6.92 Å². The molecule has 1 atom stereocenters. The van der Waals surface area contributed by atoms with Crippen LogP contribution < -0.4 is 0 Å². The summed E-state index contributed by atoms with van der Waals surface area (Å²) < 4.78 is 0. The quantitative estimate of drug-likeness (QED) is 0.786. The average Bonchev–Trinajstić information content (AvgIpc) is 3.02. The lowest BCUT2D eigenvalue weighted by molar-refractivity contribution is 0.139. The molecular weight excluding hydrogens is 379 g/mol. The maximum Gasteiger partial charge on any atom is 0.0625 e. The van der Waals surface area contributed by atoms with Crippen molar-refractivity contribution in [1.29, 1.82) is 0 Å². The highest BCUT2D eigenvalue weighted by atomic mass is 35.5. The number of rotatable bonds is 5. The summed E-state index contributed by atoms with van der Waals surface area (Å²) in [6.45, 7) is 4.13. The van der Waals surface area contributed by atoms with Gasteiger partial charge in [-0.15, -0.1) is 0 Å². The number of pyridine rings is 1. The lowest BCUT2D eigenvalue weighted by Crippen LogP contribution is -2.43. The van der Waals surface area contributed by atoms with Crippen LogP contribution in [-0.4, -0.2) is 40.7 Å². The minimum atomic E-state index is 0.110. The molecule has 0 fully saturated rings. The van der Waals surface area contributed by atoms with Gasteiger partial charge >= 0.3 is 0 Å². The topological polar surface area (TPSA) is 36.4 Å². The Morgan fingerprint density at radius 2 is 2.07 bits per heavy atom.